The zero-order valence-corrected chi connectivity index (χ0v) is 16.4. The van der Waals surface area contributed by atoms with Crippen molar-refractivity contribution in [2.75, 3.05) is 26.7 Å². The second kappa shape index (κ2) is 6.94. The van der Waals surface area contributed by atoms with Gasteiger partial charge in [-0.15, -0.1) is 0 Å². The lowest BCUT2D eigenvalue weighted by Gasteiger charge is -2.40. The van der Waals surface area contributed by atoms with Gasteiger partial charge < -0.3 is 15.2 Å². The van der Waals surface area contributed by atoms with Gasteiger partial charge in [0.25, 0.3) is 5.69 Å². The number of amides is 2. The van der Waals surface area contributed by atoms with Crippen LogP contribution >= 0.6 is 0 Å². The molecule has 0 radical (unpaired) electrons. The number of nitrogens with one attached hydrogen (secondary N) is 2. The van der Waals surface area contributed by atoms with E-state index >= 15 is 0 Å². The van der Waals surface area contributed by atoms with Crippen LogP contribution in [0.5, 0.6) is 0 Å². The summed E-state index contributed by atoms with van der Waals surface area (Å²) < 4.78 is 0. The summed E-state index contributed by atoms with van der Waals surface area (Å²) in [6.45, 7) is 6.00. The number of hydrogen-bond acceptors (Lipinski definition) is 4. The molecule has 8 nitrogen and oxygen atoms in total. The van der Waals surface area contributed by atoms with Crippen LogP contribution in [-0.2, 0) is 6.42 Å². The van der Waals surface area contributed by atoms with Gasteiger partial charge >= 0.3 is 6.03 Å². The molecule has 2 atom stereocenters. The Labute approximate surface area is 163 Å². The molecule has 2 aliphatic rings. The highest BCUT2D eigenvalue weighted by molar-refractivity contribution is 6.02. The monoisotopic (exact) mass is 383 g/mol. The summed E-state index contributed by atoms with van der Waals surface area (Å²) in [4.78, 5) is 30.7. The molecule has 8 heteroatoms. The first kappa shape index (κ1) is 18.5. The number of H-pyrrole nitrogens is 1. The largest absolute Gasteiger partial charge is 0.355 e. The van der Waals surface area contributed by atoms with Gasteiger partial charge in [-0.05, 0) is 50.1 Å². The smallest absolute Gasteiger partial charge is 0.317 e. The van der Waals surface area contributed by atoms with Crippen molar-refractivity contribution in [3.8, 4) is 0 Å². The van der Waals surface area contributed by atoms with Gasteiger partial charge in [0.15, 0.2) is 0 Å². The zero-order valence-electron chi connectivity index (χ0n) is 16.4. The number of nitro groups is 1. The molecular formula is C20H25N5O3. The van der Waals surface area contributed by atoms with Crippen molar-refractivity contribution in [2.45, 2.75) is 32.4 Å². The van der Waals surface area contributed by atoms with E-state index in [1.807, 2.05) is 26.1 Å². The molecule has 0 saturated carbocycles. The molecule has 28 heavy (non-hydrogen) atoms. The molecule has 1 aliphatic heterocycles. The Morgan fingerprint density at radius 1 is 1.39 bits per heavy atom. The van der Waals surface area contributed by atoms with E-state index in [1.165, 1.54) is 0 Å². The normalized spacial score (nSPS) is 21.2. The van der Waals surface area contributed by atoms with Gasteiger partial charge in [-0.25, -0.2) is 4.79 Å². The summed E-state index contributed by atoms with van der Waals surface area (Å²) in [6, 6.07) is 3.45. The number of rotatable bonds is 4. The minimum absolute atomic E-state index is 0.0642. The molecule has 4 rings (SSSR count). The molecule has 0 bridgehead atoms. The quantitative estimate of drug-likeness (QED) is 0.627. The molecule has 1 aromatic carbocycles. The number of carbonyl (C=O) groups excluding carboxylic acids is 1. The first-order valence-corrected chi connectivity index (χ1v) is 9.69. The Morgan fingerprint density at radius 2 is 2.14 bits per heavy atom. The highest BCUT2D eigenvalue weighted by atomic mass is 16.6. The van der Waals surface area contributed by atoms with Crippen LogP contribution in [0.4, 0.5) is 10.5 Å². The van der Waals surface area contributed by atoms with Gasteiger partial charge in [0.1, 0.15) is 5.52 Å². The van der Waals surface area contributed by atoms with Crippen molar-refractivity contribution in [3.05, 3.63) is 45.6 Å². The van der Waals surface area contributed by atoms with Crippen LogP contribution in [0.1, 0.15) is 25.0 Å². The lowest BCUT2D eigenvalue weighted by atomic mass is 9.81. The van der Waals surface area contributed by atoms with Crippen LogP contribution in [0, 0.1) is 10.1 Å². The first-order valence-electron chi connectivity index (χ1n) is 9.69. The van der Waals surface area contributed by atoms with E-state index in [9.17, 15) is 14.9 Å². The zero-order chi connectivity index (χ0) is 20.0. The third-order valence-electron chi connectivity index (χ3n) is 5.93. The van der Waals surface area contributed by atoms with Crippen molar-refractivity contribution >= 4 is 28.2 Å². The highest BCUT2D eigenvalue weighted by Gasteiger charge is 2.35. The minimum atomic E-state index is -0.347. The van der Waals surface area contributed by atoms with E-state index < -0.39 is 0 Å². The van der Waals surface area contributed by atoms with Gasteiger partial charge in [-0.1, -0.05) is 6.08 Å². The van der Waals surface area contributed by atoms with E-state index in [0.717, 1.165) is 35.1 Å². The summed E-state index contributed by atoms with van der Waals surface area (Å²) in [5.74, 6) is 0. The molecule has 0 unspecified atom stereocenters. The molecule has 2 N–H and O–H groups in total. The van der Waals surface area contributed by atoms with Crippen molar-refractivity contribution in [3.63, 3.8) is 0 Å². The van der Waals surface area contributed by atoms with Crippen LogP contribution in [-0.4, -0.2) is 64.5 Å². The second-order valence-electron chi connectivity index (χ2n) is 7.46. The number of fused-ring (bicyclic) bond motifs is 2. The number of non-ortho nitro benzene ring substituents is 1. The molecule has 0 fully saturated rings. The number of nitro benzene ring substituents is 1. The maximum Gasteiger partial charge on any atom is 0.317 e. The number of benzene rings is 1. The molecule has 2 amide bonds. The Hall–Kier alpha value is -2.87. The minimum Gasteiger partial charge on any atom is -0.355 e. The topological polar surface area (TPSA) is 94.5 Å². The molecular weight excluding hydrogens is 358 g/mol. The molecule has 2 heterocycles. The Bertz CT molecular complexity index is 976. The molecule has 148 valence electrons. The number of aromatic amines is 1. The van der Waals surface area contributed by atoms with E-state index in [0.29, 0.717) is 18.6 Å². The number of nitrogens with zero attached hydrogens (tertiary/aromatic N) is 3. The second-order valence-corrected chi connectivity index (χ2v) is 7.46. The SMILES string of the molecule is CCN(CC)C(=O)N[C@H]1C=C2c3ccc([N+](=O)[O-])c4[nH]cc(c34)C[C@H]2N(C)C1. The van der Waals surface area contributed by atoms with Crippen LogP contribution in [0.15, 0.2) is 24.4 Å². The molecule has 0 saturated heterocycles. The number of likely N-dealkylation sites (N-methyl/N-ethyl adjacent to an activating group) is 1. The first-order chi connectivity index (χ1) is 13.4. The van der Waals surface area contributed by atoms with Gasteiger partial charge in [0.2, 0.25) is 0 Å². The van der Waals surface area contributed by atoms with Gasteiger partial charge in [0, 0.05) is 43.3 Å². The van der Waals surface area contributed by atoms with Gasteiger partial charge in [-0.2, -0.15) is 0 Å². The molecule has 1 aromatic heterocycles. The lowest BCUT2D eigenvalue weighted by molar-refractivity contribution is -0.383. The third kappa shape index (κ3) is 2.84. The maximum atomic E-state index is 12.5. The number of aromatic nitrogens is 1. The number of hydrogen-bond donors (Lipinski definition) is 2. The van der Waals surface area contributed by atoms with E-state index in [4.69, 9.17) is 0 Å². The molecule has 1 aliphatic carbocycles. The van der Waals surface area contributed by atoms with Crippen molar-refractivity contribution in [1.29, 1.82) is 0 Å². The molecule has 2 aromatic rings. The van der Waals surface area contributed by atoms with E-state index in [1.54, 1.807) is 11.0 Å². The van der Waals surface area contributed by atoms with Crippen molar-refractivity contribution in [1.82, 2.24) is 20.1 Å². The fraction of sp³-hybridized carbons (Fsp3) is 0.450. The predicted molar refractivity (Wildman–Crippen MR) is 108 cm³/mol. The highest BCUT2D eigenvalue weighted by Crippen LogP contribution is 2.42. The summed E-state index contributed by atoms with van der Waals surface area (Å²) in [7, 11) is 2.06. The van der Waals surface area contributed by atoms with Crippen molar-refractivity contribution < 1.29 is 9.72 Å². The number of urea groups is 1. The lowest BCUT2D eigenvalue weighted by Crippen LogP contribution is -2.52. The van der Waals surface area contributed by atoms with E-state index in [2.05, 4.69) is 28.3 Å². The van der Waals surface area contributed by atoms with Crippen LogP contribution in [0.2, 0.25) is 0 Å². The summed E-state index contributed by atoms with van der Waals surface area (Å²) in [5, 5.41) is 15.4. The fourth-order valence-corrected chi connectivity index (χ4v) is 4.50. The third-order valence-corrected chi connectivity index (χ3v) is 5.93. The molecule has 0 spiro atoms. The average molecular weight is 383 g/mol. The Kier molecular flexibility index (Phi) is 4.58. The van der Waals surface area contributed by atoms with E-state index in [-0.39, 0.29) is 28.7 Å². The average Bonchev–Trinajstić information content (AvgIpc) is 3.08. The van der Waals surface area contributed by atoms with Crippen molar-refractivity contribution in [2.24, 2.45) is 0 Å². The Morgan fingerprint density at radius 3 is 2.82 bits per heavy atom. The van der Waals surface area contributed by atoms with Crippen LogP contribution in [0.25, 0.3) is 16.5 Å². The van der Waals surface area contributed by atoms with Gasteiger partial charge in [0.05, 0.1) is 11.0 Å². The summed E-state index contributed by atoms with van der Waals surface area (Å²) in [5.41, 5.74) is 3.93. The van der Waals surface area contributed by atoms with Crippen LogP contribution in [0.3, 0.4) is 0 Å². The number of carbonyl (C=O) groups is 1. The maximum absolute atomic E-state index is 12.5. The summed E-state index contributed by atoms with van der Waals surface area (Å²) >= 11 is 0. The fourth-order valence-electron chi connectivity index (χ4n) is 4.50. The van der Waals surface area contributed by atoms with Gasteiger partial charge in [-0.3, -0.25) is 15.0 Å². The Balaban J connectivity index is 1.74. The standard InChI is InChI=1S/C20H25N5O3/c1-4-24(5-2)20(26)22-13-9-15-14-6-7-16(25(27)28)19-18(14)12(10-21-19)8-17(15)23(3)11-13/h6-7,9-10,13,17,21H,4-5,8,11H2,1-3H3,(H,22,26)/t13-,17+/m0/s1. The predicted octanol–water partition coefficient (Wildman–Crippen LogP) is 2.75. The summed E-state index contributed by atoms with van der Waals surface area (Å²) in [6.07, 6.45) is 4.82. The van der Waals surface area contributed by atoms with Crippen LogP contribution < -0.4 is 5.32 Å².